The highest BCUT2D eigenvalue weighted by atomic mass is 16.5. The minimum atomic E-state index is 0.369. The van der Waals surface area contributed by atoms with E-state index in [4.69, 9.17) is 4.74 Å². The smallest absolute Gasteiger partial charge is 0.0752 e. The molecule has 1 aromatic rings. The van der Waals surface area contributed by atoms with Gasteiger partial charge in [-0.2, -0.15) is 0 Å². The van der Waals surface area contributed by atoms with Crippen LogP contribution in [-0.4, -0.2) is 25.8 Å². The quantitative estimate of drug-likeness (QED) is 0.774. The number of methoxy groups -OCH3 is 1. The van der Waals surface area contributed by atoms with Gasteiger partial charge in [0.25, 0.3) is 0 Å². The predicted octanol–water partition coefficient (Wildman–Crippen LogP) is 4.19. The molecule has 1 aromatic carbocycles. The van der Waals surface area contributed by atoms with E-state index in [-0.39, 0.29) is 0 Å². The third-order valence-corrected chi connectivity index (χ3v) is 4.84. The minimum Gasteiger partial charge on any atom is -0.380 e. The summed E-state index contributed by atoms with van der Waals surface area (Å²) in [5.74, 6) is 0.739. The molecule has 0 aliphatic heterocycles. The molecule has 0 amide bonds. The van der Waals surface area contributed by atoms with Gasteiger partial charge in [0.15, 0.2) is 0 Å². The molecule has 2 atom stereocenters. The largest absolute Gasteiger partial charge is 0.380 e. The Hall–Kier alpha value is -0.860. The molecule has 0 radical (unpaired) electrons. The maximum Gasteiger partial charge on any atom is 0.0752 e. The van der Waals surface area contributed by atoms with Gasteiger partial charge in [-0.1, -0.05) is 56.5 Å². The van der Waals surface area contributed by atoms with Gasteiger partial charge < -0.3 is 10.1 Å². The van der Waals surface area contributed by atoms with E-state index in [2.05, 4.69) is 42.6 Å². The van der Waals surface area contributed by atoms with E-state index in [9.17, 15) is 0 Å². The second kappa shape index (κ2) is 9.22. The highest BCUT2D eigenvalue weighted by Gasteiger charge is 2.29. The lowest BCUT2D eigenvalue weighted by Crippen LogP contribution is -2.45. The van der Waals surface area contributed by atoms with Crippen molar-refractivity contribution in [3.05, 3.63) is 35.9 Å². The fraction of sp³-hybridized carbons (Fsp3) is 0.684. The summed E-state index contributed by atoms with van der Waals surface area (Å²) < 4.78 is 5.93. The van der Waals surface area contributed by atoms with Crippen LogP contribution < -0.4 is 5.32 Å². The van der Waals surface area contributed by atoms with E-state index >= 15 is 0 Å². The summed E-state index contributed by atoms with van der Waals surface area (Å²) in [6, 6.07) is 11.3. The summed E-state index contributed by atoms with van der Waals surface area (Å²) in [5, 5.41) is 3.68. The van der Waals surface area contributed by atoms with Crippen LogP contribution in [-0.2, 0) is 11.2 Å². The van der Waals surface area contributed by atoms with Gasteiger partial charge in [-0.3, -0.25) is 0 Å². The van der Waals surface area contributed by atoms with Crippen molar-refractivity contribution >= 4 is 0 Å². The minimum absolute atomic E-state index is 0.369. The van der Waals surface area contributed by atoms with Gasteiger partial charge in [-0.25, -0.2) is 0 Å². The normalized spacial score (nSPS) is 19.3. The Labute approximate surface area is 130 Å². The molecule has 0 heterocycles. The number of likely N-dealkylation sites (N-methyl/N-ethyl adjacent to an activating group) is 1. The number of ether oxygens (including phenoxy) is 1. The third-order valence-electron chi connectivity index (χ3n) is 4.84. The fourth-order valence-corrected chi connectivity index (χ4v) is 3.76. The molecule has 2 unspecified atom stereocenters. The first-order chi connectivity index (χ1) is 10.3. The summed E-state index contributed by atoms with van der Waals surface area (Å²) in [4.78, 5) is 0. The molecule has 1 aliphatic rings. The molecule has 0 aromatic heterocycles. The Morgan fingerprint density at radius 2 is 1.86 bits per heavy atom. The topological polar surface area (TPSA) is 21.3 Å². The molecule has 0 saturated heterocycles. The van der Waals surface area contributed by atoms with E-state index in [1.807, 2.05) is 7.11 Å². The molecule has 1 fully saturated rings. The highest BCUT2D eigenvalue weighted by Crippen LogP contribution is 2.30. The van der Waals surface area contributed by atoms with Crippen LogP contribution in [0.15, 0.2) is 30.3 Å². The maximum absolute atomic E-state index is 5.93. The molecule has 2 nitrogen and oxygen atoms in total. The number of aryl methyl sites for hydroxylation is 1. The van der Waals surface area contributed by atoms with Crippen molar-refractivity contribution in [2.45, 2.75) is 64.0 Å². The number of hydrogen-bond acceptors (Lipinski definition) is 2. The third kappa shape index (κ3) is 5.12. The number of nitrogens with one attached hydrogen (secondary N) is 1. The average Bonchev–Trinajstić information content (AvgIpc) is 2.55. The van der Waals surface area contributed by atoms with Gasteiger partial charge in [0.05, 0.1) is 6.10 Å². The first kappa shape index (κ1) is 16.5. The van der Waals surface area contributed by atoms with Crippen molar-refractivity contribution in [2.24, 2.45) is 5.92 Å². The highest BCUT2D eigenvalue weighted by molar-refractivity contribution is 5.15. The molecule has 2 heteroatoms. The van der Waals surface area contributed by atoms with E-state index < -0.39 is 0 Å². The lowest BCUT2D eigenvalue weighted by atomic mass is 9.81. The van der Waals surface area contributed by atoms with Crippen LogP contribution in [0.2, 0.25) is 0 Å². The van der Waals surface area contributed by atoms with Crippen molar-refractivity contribution in [1.29, 1.82) is 0 Å². The molecule has 118 valence electrons. The Morgan fingerprint density at radius 3 is 2.48 bits per heavy atom. The zero-order valence-corrected chi connectivity index (χ0v) is 13.7. The summed E-state index contributed by atoms with van der Waals surface area (Å²) >= 11 is 0. The predicted molar refractivity (Wildman–Crippen MR) is 89.6 cm³/mol. The molecule has 0 spiro atoms. The van der Waals surface area contributed by atoms with Crippen LogP contribution in [0.4, 0.5) is 0 Å². The molecule has 1 aliphatic carbocycles. The van der Waals surface area contributed by atoms with Crippen LogP contribution in [0.1, 0.15) is 51.0 Å². The van der Waals surface area contributed by atoms with Crippen molar-refractivity contribution < 1.29 is 4.74 Å². The summed E-state index contributed by atoms with van der Waals surface area (Å²) in [7, 11) is 1.89. The van der Waals surface area contributed by atoms with Crippen LogP contribution in [0.3, 0.4) is 0 Å². The lowest BCUT2D eigenvalue weighted by molar-refractivity contribution is 0.00658. The summed E-state index contributed by atoms with van der Waals surface area (Å²) in [6.07, 6.45) is 9.50. The molecular formula is C19H31NO. The first-order valence-electron chi connectivity index (χ1n) is 8.65. The van der Waals surface area contributed by atoms with Gasteiger partial charge in [-0.05, 0) is 43.7 Å². The first-order valence-corrected chi connectivity index (χ1v) is 8.65. The van der Waals surface area contributed by atoms with Gasteiger partial charge >= 0.3 is 0 Å². The summed E-state index contributed by atoms with van der Waals surface area (Å²) in [5.41, 5.74) is 1.43. The zero-order valence-electron chi connectivity index (χ0n) is 13.7. The number of hydrogen-bond donors (Lipinski definition) is 1. The molecule has 1 N–H and O–H groups in total. The van der Waals surface area contributed by atoms with E-state index in [0.717, 1.165) is 25.3 Å². The molecule has 2 rings (SSSR count). The Morgan fingerprint density at radius 1 is 1.14 bits per heavy atom. The molecule has 0 bridgehead atoms. The van der Waals surface area contributed by atoms with Gasteiger partial charge in [0.2, 0.25) is 0 Å². The van der Waals surface area contributed by atoms with Crippen LogP contribution >= 0.6 is 0 Å². The Balaban J connectivity index is 1.94. The molecule has 1 saturated carbocycles. The van der Waals surface area contributed by atoms with Crippen LogP contribution in [0, 0.1) is 5.92 Å². The molecule has 21 heavy (non-hydrogen) atoms. The lowest BCUT2D eigenvalue weighted by Gasteiger charge is -2.35. The van der Waals surface area contributed by atoms with Gasteiger partial charge in [0, 0.05) is 13.2 Å². The SMILES string of the molecule is CCNC(CCc1ccccc1)C(OC)C1CCCCC1. The standard InChI is InChI=1S/C19H31NO/c1-3-20-18(15-14-16-10-6-4-7-11-16)19(21-2)17-12-8-5-9-13-17/h4,6-7,10-11,17-20H,3,5,8-9,12-15H2,1-2H3. The van der Waals surface area contributed by atoms with Crippen molar-refractivity contribution in [3.63, 3.8) is 0 Å². The van der Waals surface area contributed by atoms with Crippen LogP contribution in [0.25, 0.3) is 0 Å². The monoisotopic (exact) mass is 289 g/mol. The average molecular weight is 289 g/mol. The fourth-order valence-electron chi connectivity index (χ4n) is 3.76. The van der Waals surface area contributed by atoms with E-state index in [1.165, 1.54) is 37.7 Å². The summed E-state index contributed by atoms with van der Waals surface area (Å²) in [6.45, 7) is 3.22. The zero-order chi connectivity index (χ0) is 14.9. The van der Waals surface area contributed by atoms with Crippen molar-refractivity contribution in [3.8, 4) is 0 Å². The number of rotatable bonds is 8. The Bertz CT molecular complexity index is 372. The van der Waals surface area contributed by atoms with E-state index in [0.29, 0.717) is 12.1 Å². The maximum atomic E-state index is 5.93. The Kier molecular flexibility index (Phi) is 7.25. The second-order valence-corrected chi connectivity index (χ2v) is 6.29. The van der Waals surface area contributed by atoms with Crippen molar-refractivity contribution in [2.75, 3.05) is 13.7 Å². The molecular weight excluding hydrogens is 258 g/mol. The van der Waals surface area contributed by atoms with Gasteiger partial charge in [0.1, 0.15) is 0 Å². The van der Waals surface area contributed by atoms with E-state index in [1.54, 1.807) is 0 Å². The van der Waals surface area contributed by atoms with Gasteiger partial charge in [-0.15, -0.1) is 0 Å². The van der Waals surface area contributed by atoms with Crippen LogP contribution in [0.5, 0.6) is 0 Å². The number of benzene rings is 1. The van der Waals surface area contributed by atoms with Crippen molar-refractivity contribution in [1.82, 2.24) is 5.32 Å². The second-order valence-electron chi connectivity index (χ2n) is 6.29.